The first kappa shape index (κ1) is 24.6. The monoisotopic (exact) mass is 514 g/mol. The third-order valence-electron chi connectivity index (χ3n) is 13.0. The summed E-state index contributed by atoms with van der Waals surface area (Å²) in [7, 11) is 0. The van der Waals surface area contributed by atoms with Gasteiger partial charge in [-0.2, -0.15) is 0 Å². The summed E-state index contributed by atoms with van der Waals surface area (Å²) in [6.45, 7) is 10.8. The van der Waals surface area contributed by atoms with E-state index in [1.165, 1.54) is 11.1 Å². The van der Waals surface area contributed by atoms with E-state index in [1.807, 2.05) is 6.92 Å². The third kappa shape index (κ3) is 2.89. The molecule has 0 radical (unpaired) electrons. The van der Waals surface area contributed by atoms with Crippen molar-refractivity contribution in [2.24, 2.45) is 57.7 Å². The molecule has 4 aliphatic carbocycles. The molecule has 0 aromatic heterocycles. The maximum absolute atomic E-state index is 14.0. The highest BCUT2D eigenvalue weighted by Gasteiger charge is 2.75. The second-order valence-electron chi connectivity index (χ2n) is 14.3. The van der Waals surface area contributed by atoms with E-state index in [2.05, 4.69) is 27.7 Å². The molecule has 7 rings (SSSR count). The van der Waals surface area contributed by atoms with Crippen molar-refractivity contribution in [3.8, 4) is 0 Å². The Morgan fingerprint density at radius 2 is 1.70 bits per heavy atom. The molecule has 2 spiro atoms. The van der Waals surface area contributed by atoms with Gasteiger partial charge in [-0.3, -0.25) is 9.59 Å². The molecule has 3 saturated heterocycles. The van der Waals surface area contributed by atoms with Gasteiger partial charge >= 0.3 is 11.9 Å². The van der Waals surface area contributed by atoms with E-state index in [-0.39, 0.29) is 65.1 Å². The highest BCUT2D eigenvalue weighted by molar-refractivity contribution is 5.83. The van der Waals surface area contributed by atoms with Gasteiger partial charge in [0.2, 0.25) is 0 Å². The number of allylic oxidation sites excluding steroid dienone is 2. The number of carbonyl (C=O) groups is 2. The predicted octanol–water partition coefficient (Wildman–Crippen LogP) is 3.96. The summed E-state index contributed by atoms with van der Waals surface area (Å²) < 4.78 is 17.7. The van der Waals surface area contributed by atoms with Gasteiger partial charge in [-0.1, -0.05) is 38.8 Å². The molecule has 0 aromatic rings. The molecule has 0 aromatic carbocycles. The second kappa shape index (κ2) is 7.60. The topological polar surface area (TPSA) is 102 Å². The van der Waals surface area contributed by atoms with Crippen LogP contribution in [0.25, 0.3) is 0 Å². The molecule has 204 valence electrons. The second-order valence-corrected chi connectivity index (χ2v) is 14.3. The van der Waals surface area contributed by atoms with Crippen LogP contribution in [0.1, 0.15) is 79.6 Å². The summed E-state index contributed by atoms with van der Waals surface area (Å²) >= 11 is 0. The van der Waals surface area contributed by atoms with E-state index in [4.69, 9.17) is 14.2 Å². The van der Waals surface area contributed by atoms with Gasteiger partial charge in [0, 0.05) is 23.7 Å². The lowest BCUT2D eigenvalue weighted by Crippen LogP contribution is -2.52. The SMILES string of the molecule is CC1=C2C[C@@H]3[C@H](C)C(=O)O[C@@H]3C[C@@H](C)C23CC1[C@@]1(C3)C(=O)O[C@@H]2C[C@@H](C)[C@@H]3C[C@H](O)O[C@@H](O)[C@@]3(C)C[C@@H]21. The van der Waals surface area contributed by atoms with Crippen molar-refractivity contribution in [2.45, 2.75) is 104 Å². The minimum absolute atomic E-state index is 0.0125. The van der Waals surface area contributed by atoms with Crippen LogP contribution < -0.4 is 0 Å². The van der Waals surface area contributed by atoms with Crippen LogP contribution in [0.3, 0.4) is 0 Å². The van der Waals surface area contributed by atoms with E-state index in [9.17, 15) is 19.8 Å². The smallest absolute Gasteiger partial charge is 0.313 e. The molecule has 14 atom stereocenters. The molecule has 3 saturated carbocycles. The number of carbonyl (C=O) groups excluding carboxylic acids is 2. The lowest BCUT2D eigenvalue weighted by atomic mass is 9.56. The van der Waals surface area contributed by atoms with Crippen molar-refractivity contribution in [3.63, 3.8) is 0 Å². The van der Waals surface area contributed by atoms with Crippen LogP contribution in [0.2, 0.25) is 0 Å². The van der Waals surface area contributed by atoms with Crippen LogP contribution >= 0.6 is 0 Å². The van der Waals surface area contributed by atoms with E-state index in [1.54, 1.807) is 0 Å². The molecule has 2 unspecified atom stereocenters. The number of aliphatic hydroxyl groups excluding tert-OH is 2. The quantitative estimate of drug-likeness (QED) is 0.373. The first-order valence-corrected chi connectivity index (χ1v) is 14.6. The predicted molar refractivity (Wildman–Crippen MR) is 132 cm³/mol. The van der Waals surface area contributed by atoms with Crippen LogP contribution in [0, 0.1) is 57.7 Å². The zero-order valence-corrected chi connectivity index (χ0v) is 22.7. The molecular weight excluding hydrogens is 472 g/mol. The minimum Gasteiger partial charge on any atom is -0.462 e. The Bertz CT molecular complexity index is 1080. The molecule has 3 heterocycles. The Morgan fingerprint density at radius 3 is 2.46 bits per heavy atom. The largest absolute Gasteiger partial charge is 0.462 e. The number of ether oxygens (including phenoxy) is 3. The van der Waals surface area contributed by atoms with E-state index < -0.39 is 23.4 Å². The maximum atomic E-state index is 14.0. The molecule has 7 heteroatoms. The lowest BCUT2D eigenvalue weighted by molar-refractivity contribution is -0.305. The maximum Gasteiger partial charge on any atom is 0.313 e. The zero-order valence-electron chi connectivity index (χ0n) is 22.7. The first-order chi connectivity index (χ1) is 17.4. The molecular formula is C30H42O7. The molecule has 3 aliphatic heterocycles. The Balaban J connectivity index is 1.30. The summed E-state index contributed by atoms with van der Waals surface area (Å²) in [4.78, 5) is 26.4. The van der Waals surface area contributed by atoms with Gasteiger partial charge in [0.05, 0.1) is 11.3 Å². The number of rotatable bonds is 0. The van der Waals surface area contributed by atoms with Crippen LogP contribution in [0.4, 0.5) is 0 Å². The van der Waals surface area contributed by atoms with Crippen LogP contribution in [0.5, 0.6) is 0 Å². The normalized spacial score (nSPS) is 58.3. The summed E-state index contributed by atoms with van der Waals surface area (Å²) in [6.07, 6.45) is 3.23. The van der Waals surface area contributed by atoms with Crippen molar-refractivity contribution < 1.29 is 34.0 Å². The van der Waals surface area contributed by atoms with Crippen molar-refractivity contribution in [3.05, 3.63) is 11.1 Å². The average molecular weight is 515 g/mol. The van der Waals surface area contributed by atoms with Crippen LogP contribution in [-0.4, -0.2) is 46.9 Å². The Kier molecular flexibility index (Phi) is 5.05. The molecule has 2 bridgehead atoms. The van der Waals surface area contributed by atoms with Gasteiger partial charge in [0.25, 0.3) is 0 Å². The fourth-order valence-electron chi connectivity index (χ4n) is 11.0. The summed E-state index contributed by atoms with van der Waals surface area (Å²) in [5.74, 6) is 0.803. The molecule has 0 amide bonds. The van der Waals surface area contributed by atoms with Crippen molar-refractivity contribution in [1.82, 2.24) is 0 Å². The average Bonchev–Trinajstić information content (AvgIpc) is 3.44. The van der Waals surface area contributed by atoms with E-state index >= 15 is 0 Å². The third-order valence-corrected chi connectivity index (χ3v) is 13.0. The van der Waals surface area contributed by atoms with E-state index in [0.717, 1.165) is 32.1 Å². The molecule has 7 nitrogen and oxygen atoms in total. The Hall–Kier alpha value is -1.44. The van der Waals surface area contributed by atoms with Gasteiger partial charge in [-0.15, -0.1) is 0 Å². The lowest BCUT2D eigenvalue weighted by Gasteiger charge is -2.50. The van der Waals surface area contributed by atoms with Crippen molar-refractivity contribution in [2.75, 3.05) is 0 Å². The standard InChI is InChI=1S/C30H42O7/c1-13-6-23-21(10-28(5)18(13)9-24(31)37-26(28)33)30(27(34)36-23)12-29-11-20(30)16(4)19(29)8-17-15(3)25(32)35-22(17)7-14(29)2/h13-15,17-18,20-24,26,31,33H,6-12H2,1-5H3/t13-,14-,15+,17-,18+,20?,21+,22-,23-,24-,26-,28+,29?,30-/m1/s1. The molecule has 6 fully saturated rings. The fourth-order valence-corrected chi connectivity index (χ4v) is 11.0. The van der Waals surface area contributed by atoms with Gasteiger partial charge < -0.3 is 24.4 Å². The summed E-state index contributed by atoms with van der Waals surface area (Å²) in [6, 6.07) is 0. The van der Waals surface area contributed by atoms with Gasteiger partial charge in [0.15, 0.2) is 12.6 Å². The Labute approximate surface area is 219 Å². The number of hydrogen-bond acceptors (Lipinski definition) is 7. The highest BCUT2D eigenvalue weighted by Crippen LogP contribution is 2.76. The number of fused-ring (bicyclic) bond motifs is 6. The summed E-state index contributed by atoms with van der Waals surface area (Å²) in [5.41, 5.74) is 1.64. The molecule has 37 heavy (non-hydrogen) atoms. The van der Waals surface area contributed by atoms with Crippen molar-refractivity contribution in [1.29, 1.82) is 0 Å². The number of esters is 2. The number of aliphatic hydroxyl groups is 2. The summed E-state index contributed by atoms with van der Waals surface area (Å²) in [5, 5.41) is 21.4. The van der Waals surface area contributed by atoms with Crippen LogP contribution in [0.15, 0.2) is 11.1 Å². The fraction of sp³-hybridized carbons (Fsp3) is 0.867. The highest BCUT2D eigenvalue weighted by atomic mass is 16.7. The van der Waals surface area contributed by atoms with Gasteiger partial charge in [-0.25, -0.2) is 0 Å². The van der Waals surface area contributed by atoms with Gasteiger partial charge in [0.1, 0.15) is 12.2 Å². The zero-order chi connectivity index (χ0) is 26.2. The minimum atomic E-state index is -1.06. The van der Waals surface area contributed by atoms with Crippen LogP contribution in [-0.2, 0) is 23.8 Å². The van der Waals surface area contributed by atoms with Gasteiger partial charge in [-0.05, 0) is 74.5 Å². The molecule has 2 N–H and O–H groups in total. The van der Waals surface area contributed by atoms with E-state index in [0.29, 0.717) is 18.8 Å². The molecule has 7 aliphatic rings. The first-order valence-electron chi connectivity index (χ1n) is 14.6. The Morgan fingerprint density at radius 1 is 0.946 bits per heavy atom. The van der Waals surface area contributed by atoms with Crippen molar-refractivity contribution >= 4 is 11.9 Å². The number of hydrogen-bond donors (Lipinski definition) is 2.